The Morgan fingerprint density at radius 3 is 2.85 bits per heavy atom. The number of benzene rings is 1. The van der Waals surface area contributed by atoms with Crippen molar-refractivity contribution in [3.8, 4) is 0 Å². The van der Waals surface area contributed by atoms with Crippen molar-refractivity contribution in [2.24, 2.45) is 5.73 Å². The Morgan fingerprint density at radius 2 is 2.20 bits per heavy atom. The summed E-state index contributed by atoms with van der Waals surface area (Å²) in [4.78, 5) is 23.1. The SMILES string of the molecule is CN(CC(=O)O)c1ccc2c(c1)nnn2CCC(N)=O. The molecule has 1 aromatic heterocycles. The van der Waals surface area contributed by atoms with E-state index >= 15 is 0 Å². The van der Waals surface area contributed by atoms with E-state index in [4.69, 9.17) is 10.8 Å². The standard InChI is InChI=1S/C12H15N5O3/c1-16(7-12(19)20)8-2-3-10-9(6-8)14-15-17(10)5-4-11(13)18/h2-3,6H,4-5,7H2,1H3,(H2,13,18)(H,19,20). The summed E-state index contributed by atoms with van der Waals surface area (Å²) in [5.74, 6) is -1.30. The third kappa shape index (κ3) is 3.02. The van der Waals surface area contributed by atoms with Gasteiger partial charge in [0.05, 0.1) is 12.1 Å². The number of amides is 1. The van der Waals surface area contributed by atoms with E-state index in [-0.39, 0.29) is 13.0 Å². The quantitative estimate of drug-likeness (QED) is 0.757. The molecule has 0 radical (unpaired) electrons. The summed E-state index contributed by atoms with van der Waals surface area (Å²) in [5, 5.41) is 16.7. The molecule has 0 aliphatic heterocycles. The number of carboxylic acid groups (broad SMARTS) is 1. The van der Waals surface area contributed by atoms with Crippen LogP contribution in [0.3, 0.4) is 0 Å². The Morgan fingerprint density at radius 1 is 1.45 bits per heavy atom. The van der Waals surface area contributed by atoms with Crippen LogP contribution in [0.5, 0.6) is 0 Å². The van der Waals surface area contributed by atoms with Gasteiger partial charge in [0.25, 0.3) is 0 Å². The van der Waals surface area contributed by atoms with Gasteiger partial charge in [-0.2, -0.15) is 0 Å². The lowest BCUT2D eigenvalue weighted by Gasteiger charge is -2.16. The van der Waals surface area contributed by atoms with Gasteiger partial charge in [0.2, 0.25) is 5.91 Å². The summed E-state index contributed by atoms with van der Waals surface area (Å²) < 4.78 is 1.60. The molecule has 106 valence electrons. The number of nitrogens with two attached hydrogens (primary N) is 1. The van der Waals surface area contributed by atoms with Crippen LogP contribution in [-0.4, -0.2) is 45.6 Å². The molecule has 0 spiro atoms. The highest BCUT2D eigenvalue weighted by Crippen LogP contribution is 2.19. The van der Waals surface area contributed by atoms with Crippen LogP contribution in [0.15, 0.2) is 18.2 Å². The molecule has 3 N–H and O–H groups in total. The lowest BCUT2D eigenvalue weighted by Crippen LogP contribution is -2.24. The van der Waals surface area contributed by atoms with Crippen LogP contribution in [0, 0.1) is 0 Å². The Hall–Kier alpha value is -2.64. The summed E-state index contributed by atoms with van der Waals surface area (Å²) in [6.45, 7) is 0.275. The van der Waals surface area contributed by atoms with Gasteiger partial charge in [0, 0.05) is 19.2 Å². The Bertz CT molecular complexity index is 652. The maximum Gasteiger partial charge on any atom is 0.323 e. The summed E-state index contributed by atoms with van der Waals surface area (Å²) in [6.07, 6.45) is 0.194. The number of aliphatic carboxylic acids is 1. The maximum atomic E-state index is 10.8. The average Bonchev–Trinajstić information content (AvgIpc) is 2.77. The first-order valence-corrected chi connectivity index (χ1v) is 6.02. The van der Waals surface area contributed by atoms with Gasteiger partial charge in [-0.15, -0.1) is 5.10 Å². The number of nitrogens with zero attached hydrogens (tertiary/aromatic N) is 4. The van der Waals surface area contributed by atoms with Gasteiger partial charge in [-0.25, -0.2) is 4.68 Å². The third-order valence-corrected chi connectivity index (χ3v) is 2.88. The van der Waals surface area contributed by atoms with E-state index in [0.29, 0.717) is 12.1 Å². The number of rotatable bonds is 6. The molecule has 1 amide bonds. The number of primary amides is 1. The highest BCUT2D eigenvalue weighted by molar-refractivity contribution is 5.81. The number of fused-ring (bicyclic) bond motifs is 1. The fraction of sp³-hybridized carbons (Fsp3) is 0.333. The van der Waals surface area contributed by atoms with Crippen molar-refractivity contribution < 1.29 is 14.7 Å². The fourth-order valence-electron chi connectivity index (χ4n) is 1.87. The zero-order valence-corrected chi connectivity index (χ0v) is 11.0. The molecule has 0 bridgehead atoms. The van der Waals surface area contributed by atoms with E-state index in [0.717, 1.165) is 11.2 Å². The Kier molecular flexibility index (Phi) is 3.83. The molecule has 2 rings (SSSR count). The third-order valence-electron chi connectivity index (χ3n) is 2.88. The van der Waals surface area contributed by atoms with E-state index in [1.165, 1.54) is 0 Å². The second kappa shape index (κ2) is 5.55. The number of carboxylic acids is 1. The topological polar surface area (TPSA) is 114 Å². The van der Waals surface area contributed by atoms with E-state index in [2.05, 4.69) is 10.3 Å². The molecule has 8 nitrogen and oxygen atoms in total. The molecule has 0 fully saturated rings. The van der Waals surface area contributed by atoms with E-state index in [1.807, 2.05) is 0 Å². The second-order valence-corrected chi connectivity index (χ2v) is 4.45. The lowest BCUT2D eigenvalue weighted by molar-refractivity contribution is -0.135. The minimum Gasteiger partial charge on any atom is -0.480 e. The number of carbonyl (C=O) groups excluding carboxylic acids is 1. The highest BCUT2D eigenvalue weighted by Gasteiger charge is 2.10. The van der Waals surface area contributed by atoms with Crippen molar-refractivity contribution in [3.05, 3.63) is 18.2 Å². The summed E-state index contributed by atoms with van der Waals surface area (Å²) in [5.41, 5.74) is 7.26. The molecule has 20 heavy (non-hydrogen) atoms. The van der Waals surface area contributed by atoms with Crippen LogP contribution in [0.25, 0.3) is 11.0 Å². The molecule has 0 aliphatic carbocycles. The molecule has 2 aromatic rings. The van der Waals surface area contributed by atoms with Crippen LogP contribution in [0.4, 0.5) is 5.69 Å². The van der Waals surface area contributed by atoms with Crippen molar-refractivity contribution in [1.29, 1.82) is 0 Å². The number of hydrogen-bond donors (Lipinski definition) is 2. The monoisotopic (exact) mass is 277 g/mol. The highest BCUT2D eigenvalue weighted by atomic mass is 16.4. The van der Waals surface area contributed by atoms with Crippen LogP contribution in [0.1, 0.15) is 6.42 Å². The molecule has 0 saturated heterocycles. The first-order chi connectivity index (χ1) is 9.47. The number of aryl methyl sites for hydroxylation is 1. The zero-order chi connectivity index (χ0) is 14.7. The minimum atomic E-state index is -0.905. The lowest BCUT2D eigenvalue weighted by atomic mass is 10.2. The first kappa shape index (κ1) is 13.8. The van der Waals surface area contributed by atoms with Gasteiger partial charge < -0.3 is 15.7 Å². The van der Waals surface area contributed by atoms with Gasteiger partial charge in [-0.1, -0.05) is 5.21 Å². The number of anilines is 1. The molecule has 1 aromatic carbocycles. The van der Waals surface area contributed by atoms with Crippen LogP contribution in [0.2, 0.25) is 0 Å². The molecular weight excluding hydrogens is 262 g/mol. The predicted molar refractivity (Wildman–Crippen MR) is 72.2 cm³/mol. The van der Waals surface area contributed by atoms with Gasteiger partial charge >= 0.3 is 5.97 Å². The zero-order valence-electron chi connectivity index (χ0n) is 11.0. The van der Waals surface area contributed by atoms with Crippen LogP contribution in [-0.2, 0) is 16.1 Å². The average molecular weight is 277 g/mol. The van der Waals surface area contributed by atoms with Crippen LogP contribution < -0.4 is 10.6 Å². The first-order valence-electron chi connectivity index (χ1n) is 6.02. The summed E-state index contributed by atoms with van der Waals surface area (Å²) in [7, 11) is 1.69. The fourth-order valence-corrected chi connectivity index (χ4v) is 1.87. The smallest absolute Gasteiger partial charge is 0.323 e. The van der Waals surface area contributed by atoms with Gasteiger partial charge in [-0.3, -0.25) is 9.59 Å². The molecule has 0 unspecified atom stereocenters. The van der Waals surface area contributed by atoms with Crippen molar-refractivity contribution in [2.75, 3.05) is 18.5 Å². The molecule has 0 aliphatic rings. The maximum absolute atomic E-state index is 10.8. The van der Waals surface area contributed by atoms with Gasteiger partial charge in [0.15, 0.2) is 0 Å². The number of hydrogen-bond acceptors (Lipinski definition) is 5. The summed E-state index contributed by atoms with van der Waals surface area (Å²) >= 11 is 0. The normalized spacial score (nSPS) is 10.7. The van der Waals surface area contributed by atoms with Gasteiger partial charge in [0.1, 0.15) is 12.1 Å². The number of aromatic nitrogens is 3. The minimum absolute atomic E-state index is 0.0959. The molecular formula is C12H15N5O3. The van der Waals surface area contributed by atoms with E-state index in [9.17, 15) is 9.59 Å². The largest absolute Gasteiger partial charge is 0.480 e. The van der Waals surface area contributed by atoms with Crippen LogP contribution >= 0.6 is 0 Å². The number of likely N-dealkylation sites (N-methyl/N-ethyl adjacent to an activating group) is 1. The van der Waals surface area contributed by atoms with Crippen molar-refractivity contribution in [2.45, 2.75) is 13.0 Å². The van der Waals surface area contributed by atoms with Crippen molar-refractivity contribution in [1.82, 2.24) is 15.0 Å². The predicted octanol–water partition coefficient (Wildman–Crippen LogP) is -0.172. The van der Waals surface area contributed by atoms with Gasteiger partial charge in [-0.05, 0) is 18.2 Å². The Balaban J connectivity index is 2.23. The second-order valence-electron chi connectivity index (χ2n) is 4.45. The molecule has 0 saturated carbocycles. The summed E-state index contributed by atoms with van der Waals surface area (Å²) in [6, 6.07) is 5.34. The Labute approximate surface area is 114 Å². The van der Waals surface area contributed by atoms with Crippen molar-refractivity contribution in [3.63, 3.8) is 0 Å². The molecule has 8 heteroatoms. The van der Waals surface area contributed by atoms with E-state index < -0.39 is 11.9 Å². The van der Waals surface area contributed by atoms with Crippen molar-refractivity contribution >= 4 is 28.6 Å². The van der Waals surface area contributed by atoms with E-state index in [1.54, 1.807) is 34.8 Å². The molecule has 0 atom stereocenters. The number of carbonyl (C=O) groups is 2. The molecule has 1 heterocycles.